The first-order valence-corrected chi connectivity index (χ1v) is 5.86. The lowest BCUT2D eigenvalue weighted by molar-refractivity contribution is -0.139. The summed E-state index contributed by atoms with van der Waals surface area (Å²) in [5, 5.41) is 17.6. The average Bonchev–Trinajstić information content (AvgIpc) is 2.96. The van der Waals surface area contributed by atoms with E-state index in [1.165, 1.54) is 0 Å². The van der Waals surface area contributed by atoms with Crippen molar-refractivity contribution in [1.82, 2.24) is 4.90 Å². The molecule has 0 amide bonds. The molecule has 0 aromatic heterocycles. The van der Waals surface area contributed by atoms with E-state index in [4.69, 9.17) is 10.4 Å². The van der Waals surface area contributed by atoms with Crippen LogP contribution in [-0.2, 0) is 4.79 Å². The van der Waals surface area contributed by atoms with Crippen LogP contribution < -0.4 is 0 Å². The molecule has 0 aliphatic heterocycles. The maximum atomic E-state index is 10.8. The van der Waals surface area contributed by atoms with E-state index in [2.05, 4.69) is 13.0 Å². The molecule has 0 aromatic rings. The zero-order valence-electron chi connectivity index (χ0n) is 10.1. The van der Waals surface area contributed by atoms with Gasteiger partial charge in [-0.2, -0.15) is 5.26 Å². The number of aliphatic carboxylic acids is 1. The summed E-state index contributed by atoms with van der Waals surface area (Å²) in [6, 6.07) is 2.48. The molecule has 1 unspecified atom stereocenters. The van der Waals surface area contributed by atoms with Crippen LogP contribution in [0.5, 0.6) is 0 Å². The number of carbonyl (C=O) groups is 1. The van der Waals surface area contributed by atoms with E-state index in [1.807, 2.05) is 11.8 Å². The van der Waals surface area contributed by atoms with Gasteiger partial charge in [-0.1, -0.05) is 6.92 Å². The quantitative estimate of drug-likeness (QED) is 0.717. The van der Waals surface area contributed by atoms with E-state index < -0.39 is 5.97 Å². The minimum atomic E-state index is -0.784. The Kier molecular flexibility index (Phi) is 4.31. The number of nitriles is 1. The molecule has 1 atom stereocenters. The van der Waals surface area contributed by atoms with E-state index in [0.717, 1.165) is 25.8 Å². The molecule has 1 aliphatic carbocycles. The minimum absolute atomic E-state index is 0.0855. The number of hydrogen-bond acceptors (Lipinski definition) is 3. The first-order chi connectivity index (χ1) is 7.53. The summed E-state index contributed by atoms with van der Waals surface area (Å²) in [6.07, 6.45) is 3.62. The van der Waals surface area contributed by atoms with Gasteiger partial charge < -0.3 is 5.11 Å². The van der Waals surface area contributed by atoms with E-state index in [-0.39, 0.29) is 18.0 Å². The van der Waals surface area contributed by atoms with Crippen molar-refractivity contribution in [2.75, 3.05) is 13.1 Å². The first kappa shape index (κ1) is 13.0. The number of hydrogen-bond donors (Lipinski definition) is 1. The molecule has 1 saturated carbocycles. The van der Waals surface area contributed by atoms with Crippen LogP contribution in [0.2, 0.25) is 0 Å². The summed E-state index contributed by atoms with van der Waals surface area (Å²) in [7, 11) is 0. The van der Waals surface area contributed by atoms with Gasteiger partial charge in [0.25, 0.3) is 0 Å². The normalized spacial score (nSPS) is 19.1. The molecule has 90 valence electrons. The highest BCUT2D eigenvalue weighted by Gasteiger charge is 2.44. The van der Waals surface area contributed by atoms with Crippen LogP contribution in [0.15, 0.2) is 0 Å². The highest BCUT2D eigenvalue weighted by molar-refractivity contribution is 5.69. The molecule has 1 aliphatic rings. The number of carboxylic acid groups (broad SMARTS) is 1. The Morgan fingerprint density at radius 3 is 2.62 bits per heavy atom. The third kappa shape index (κ3) is 3.49. The van der Waals surface area contributed by atoms with Gasteiger partial charge in [0.2, 0.25) is 0 Å². The molecular formula is C12H20N2O2. The second-order valence-corrected chi connectivity index (χ2v) is 4.89. The maximum absolute atomic E-state index is 10.8. The largest absolute Gasteiger partial charge is 0.480 e. The Balaban J connectivity index is 2.57. The van der Waals surface area contributed by atoms with Gasteiger partial charge in [0.1, 0.15) is 0 Å². The van der Waals surface area contributed by atoms with Gasteiger partial charge in [-0.25, -0.2) is 0 Å². The predicted molar refractivity (Wildman–Crippen MR) is 60.9 cm³/mol. The molecule has 0 saturated heterocycles. The van der Waals surface area contributed by atoms with Gasteiger partial charge in [0.15, 0.2) is 0 Å². The van der Waals surface area contributed by atoms with Gasteiger partial charge in [-0.15, -0.1) is 0 Å². The Hall–Kier alpha value is -1.08. The maximum Gasteiger partial charge on any atom is 0.317 e. The zero-order valence-corrected chi connectivity index (χ0v) is 10.1. The van der Waals surface area contributed by atoms with E-state index in [1.54, 1.807) is 0 Å². The van der Waals surface area contributed by atoms with Gasteiger partial charge in [-0.3, -0.25) is 9.69 Å². The molecule has 16 heavy (non-hydrogen) atoms. The summed E-state index contributed by atoms with van der Waals surface area (Å²) >= 11 is 0. The lowest BCUT2D eigenvalue weighted by atomic mass is 10.0. The minimum Gasteiger partial charge on any atom is -0.480 e. The fourth-order valence-corrected chi connectivity index (χ4v) is 1.97. The lowest BCUT2D eigenvalue weighted by Crippen LogP contribution is -2.40. The molecule has 0 radical (unpaired) electrons. The lowest BCUT2D eigenvalue weighted by Gasteiger charge is -2.30. The van der Waals surface area contributed by atoms with Crippen molar-refractivity contribution in [3.05, 3.63) is 0 Å². The molecule has 1 fully saturated rings. The predicted octanol–water partition coefficient (Wildman–Crippen LogP) is 1.87. The van der Waals surface area contributed by atoms with E-state index >= 15 is 0 Å². The number of rotatable bonds is 7. The SMILES string of the molecule is CCC(C)N(CC(=O)O)CC1(CC#N)CC1. The molecule has 0 heterocycles. The molecule has 4 heteroatoms. The van der Waals surface area contributed by atoms with Gasteiger partial charge in [0, 0.05) is 19.0 Å². The first-order valence-electron chi connectivity index (χ1n) is 5.86. The zero-order chi connectivity index (χ0) is 12.2. The second-order valence-electron chi connectivity index (χ2n) is 4.89. The molecular weight excluding hydrogens is 204 g/mol. The average molecular weight is 224 g/mol. The van der Waals surface area contributed by atoms with Crippen LogP contribution in [0, 0.1) is 16.7 Å². The Bertz CT molecular complexity index is 292. The van der Waals surface area contributed by atoms with Crippen LogP contribution in [-0.4, -0.2) is 35.1 Å². The Morgan fingerprint density at radius 2 is 2.25 bits per heavy atom. The van der Waals surface area contributed by atoms with Crippen LogP contribution in [0.4, 0.5) is 0 Å². The van der Waals surface area contributed by atoms with Crippen molar-refractivity contribution in [3.8, 4) is 6.07 Å². The fourth-order valence-electron chi connectivity index (χ4n) is 1.97. The third-order valence-electron chi connectivity index (χ3n) is 3.50. The van der Waals surface area contributed by atoms with Gasteiger partial charge in [-0.05, 0) is 31.6 Å². The van der Waals surface area contributed by atoms with Gasteiger partial charge in [0.05, 0.1) is 12.6 Å². The third-order valence-corrected chi connectivity index (χ3v) is 3.50. The Labute approximate surface area is 96.9 Å². The van der Waals surface area contributed by atoms with Crippen molar-refractivity contribution < 1.29 is 9.90 Å². The summed E-state index contributed by atoms with van der Waals surface area (Å²) in [6.45, 7) is 4.94. The van der Waals surface area contributed by atoms with Crippen LogP contribution in [0.3, 0.4) is 0 Å². The molecule has 4 nitrogen and oxygen atoms in total. The number of carboxylic acids is 1. The van der Waals surface area contributed by atoms with Crippen LogP contribution in [0.25, 0.3) is 0 Å². The van der Waals surface area contributed by atoms with Crippen molar-refractivity contribution in [3.63, 3.8) is 0 Å². The summed E-state index contributed by atoms with van der Waals surface area (Å²) in [5.74, 6) is -0.784. The van der Waals surface area contributed by atoms with Crippen LogP contribution in [0.1, 0.15) is 39.5 Å². The van der Waals surface area contributed by atoms with E-state index in [0.29, 0.717) is 6.42 Å². The van der Waals surface area contributed by atoms with Crippen molar-refractivity contribution in [2.24, 2.45) is 5.41 Å². The molecule has 0 bridgehead atoms. The summed E-state index contributed by atoms with van der Waals surface area (Å²) in [5.41, 5.74) is 0.0909. The molecule has 1 N–H and O–H groups in total. The smallest absolute Gasteiger partial charge is 0.317 e. The highest BCUT2D eigenvalue weighted by Crippen LogP contribution is 2.49. The molecule has 1 rings (SSSR count). The highest BCUT2D eigenvalue weighted by atomic mass is 16.4. The van der Waals surface area contributed by atoms with Crippen molar-refractivity contribution >= 4 is 5.97 Å². The van der Waals surface area contributed by atoms with E-state index in [9.17, 15) is 4.79 Å². The molecule has 0 spiro atoms. The monoisotopic (exact) mass is 224 g/mol. The topological polar surface area (TPSA) is 64.3 Å². The molecule has 0 aromatic carbocycles. The van der Waals surface area contributed by atoms with Crippen molar-refractivity contribution in [2.45, 2.75) is 45.6 Å². The number of nitrogens with zero attached hydrogens (tertiary/aromatic N) is 2. The second kappa shape index (κ2) is 5.31. The van der Waals surface area contributed by atoms with Crippen molar-refractivity contribution in [1.29, 1.82) is 5.26 Å². The standard InChI is InChI=1S/C12H20N2O2/c1-3-10(2)14(8-11(15)16)9-12(4-5-12)6-7-13/h10H,3-6,8-9H2,1-2H3,(H,15,16). The van der Waals surface area contributed by atoms with Gasteiger partial charge >= 0.3 is 5.97 Å². The summed E-state index contributed by atoms with van der Waals surface area (Å²) < 4.78 is 0. The Morgan fingerprint density at radius 1 is 1.62 bits per heavy atom. The fraction of sp³-hybridized carbons (Fsp3) is 0.833. The van der Waals surface area contributed by atoms with Crippen LogP contribution >= 0.6 is 0 Å². The summed E-state index contributed by atoms with van der Waals surface area (Å²) in [4.78, 5) is 12.8.